The first-order chi connectivity index (χ1) is 3.79. The van der Waals surface area contributed by atoms with Crippen LogP contribution < -0.4 is 12.4 Å². The molecule has 0 aromatic carbocycles. The molecule has 0 radical (unpaired) electrons. The van der Waals surface area contributed by atoms with Crippen molar-refractivity contribution in [2.24, 2.45) is 5.92 Å². The van der Waals surface area contributed by atoms with E-state index in [9.17, 15) is 0 Å². The normalized spacial score (nSPS) is 24.5. The maximum atomic E-state index is 5.13. The molecule has 1 saturated heterocycles. The molecule has 54 valence electrons. The van der Waals surface area contributed by atoms with Gasteiger partial charge >= 0.3 is 23.1 Å². The van der Waals surface area contributed by atoms with E-state index in [2.05, 4.69) is 13.5 Å². The number of hydrogen-bond acceptors (Lipinski definition) is 1. The Hall–Kier alpha value is 0.756. The average molecular weight is 171 g/mol. The molecule has 10 heavy (non-hydrogen) atoms. The third kappa shape index (κ3) is 4.55. The summed E-state index contributed by atoms with van der Waals surface area (Å²) in [5, 5.41) is 0. The molecule has 1 unspecified atom stereocenters. The summed E-state index contributed by atoms with van der Waals surface area (Å²) in [5.41, 5.74) is 1.18. The molecule has 0 N–H and O–H groups in total. The molecule has 0 aromatic heterocycles. The van der Waals surface area contributed by atoms with Gasteiger partial charge in [-0.05, 0) is 0 Å². The Morgan fingerprint density at radius 2 is 2.20 bits per heavy atom. The molecule has 0 aromatic rings. The summed E-state index contributed by atoms with van der Waals surface area (Å²) in [5.74, 6) is 0.441. The Balaban J connectivity index is 0. The van der Waals surface area contributed by atoms with Crippen LogP contribution in [0.25, 0.3) is 0 Å². The van der Waals surface area contributed by atoms with Crippen LogP contribution in [0.5, 0.6) is 0 Å². The van der Waals surface area contributed by atoms with Crippen molar-refractivity contribution in [1.82, 2.24) is 0 Å². The second-order valence-electron chi connectivity index (χ2n) is 2.34. The van der Waals surface area contributed by atoms with Crippen molar-refractivity contribution in [2.75, 3.05) is 13.2 Å². The van der Waals surface area contributed by atoms with Crippen LogP contribution in [0.1, 0.15) is 6.42 Å². The third-order valence-corrected chi connectivity index (χ3v) is 1.24. The molecule has 0 amide bonds. The molecule has 3 heteroatoms. The van der Waals surface area contributed by atoms with Gasteiger partial charge in [0.1, 0.15) is 0 Å². The Morgan fingerprint density at radius 3 is 2.50 bits per heavy atom. The van der Waals surface area contributed by atoms with Crippen LogP contribution in [0.2, 0.25) is 0 Å². The minimum Gasteiger partial charge on any atom is -1.00 e. The van der Waals surface area contributed by atoms with Gasteiger partial charge in [0.25, 0.3) is 0 Å². The molecule has 1 nitrogen and oxygen atoms in total. The van der Waals surface area contributed by atoms with E-state index in [1.54, 1.807) is 0 Å². The van der Waals surface area contributed by atoms with Crippen molar-refractivity contribution in [3.63, 3.8) is 0 Å². The van der Waals surface area contributed by atoms with Crippen LogP contribution in [0.3, 0.4) is 0 Å². The maximum Gasteiger partial charge on any atom is 2.00 e. The van der Waals surface area contributed by atoms with E-state index in [0.717, 1.165) is 19.6 Å². The van der Waals surface area contributed by atoms with Crippen LogP contribution in [0.15, 0.2) is 12.2 Å². The standard InChI is InChI=1S/C7H11O.ClH.Mg/c1-6-3-7(2)5-8-4-6;;/h6H,1-5H2;1H;/q-1;;+2/p-1. The van der Waals surface area contributed by atoms with E-state index in [-0.39, 0.29) is 35.5 Å². The number of rotatable bonds is 0. The molecule has 1 atom stereocenters. The summed E-state index contributed by atoms with van der Waals surface area (Å²) >= 11 is 0. The third-order valence-electron chi connectivity index (χ3n) is 1.24. The first-order valence-electron chi connectivity index (χ1n) is 2.86. The molecule has 0 spiro atoms. The molecular formula is C7H11ClMgO. The van der Waals surface area contributed by atoms with Gasteiger partial charge in [-0.3, -0.25) is 0 Å². The van der Waals surface area contributed by atoms with Crippen LogP contribution in [-0.4, -0.2) is 36.3 Å². The Labute approximate surface area is 84.8 Å². The van der Waals surface area contributed by atoms with Crippen LogP contribution in [-0.2, 0) is 4.74 Å². The van der Waals surface area contributed by atoms with Gasteiger partial charge < -0.3 is 24.1 Å². The van der Waals surface area contributed by atoms with Crippen molar-refractivity contribution < 1.29 is 17.1 Å². The van der Waals surface area contributed by atoms with Gasteiger partial charge in [-0.25, -0.2) is 0 Å². The predicted octanol–water partition coefficient (Wildman–Crippen LogP) is -1.96. The minimum absolute atomic E-state index is 0. The second-order valence-corrected chi connectivity index (χ2v) is 2.34. The number of ether oxygens (including phenoxy) is 1. The maximum absolute atomic E-state index is 5.13. The van der Waals surface area contributed by atoms with Gasteiger partial charge in [0.2, 0.25) is 0 Å². The average Bonchev–Trinajstić information content (AvgIpc) is 1.64. The van der Waals surface area contributed by atoms with Gasteiger partial charge in [-0.2, -0.15) is 0 Å². The van der Waals surface area contributed by atoms with Gasteiger partial charge in [0.15, 0.2) is 0 Å². The molecule has 0 saturated carbocycles. The van der Waals surface area contributed by atoms with Gasteiger partial charge in [-0.1, -0.05) is 18.6 Å². The zero-order valence-corrected chi connectivity index (χ0v) is 8.28. The summed E-state index contributed by atoms with van der Waals surface area (Å²) in [6.07, 6.45) is 1.04. The topological polar surface area (TPSA) is 9.23 Å². The van der Waals surface area contributed by atoms with Crippen molar-refractivity contribution in [1.29, 1.82) is 0 Å². The molecule has 1 aliphatic rings. The van der Waals surface area contributed by atoms with E-state index in [0.29, 0.717) is 5.92 Å². The fourth-order valence-electron chi connectivity index (χ4n) is 0.896. The summed E-state index contributed by atoms with van der Waals surface area (Å²) in [6.45, 7) is 9.21. The summed E-state index contributed by atoms with van der Waals surface area (Å²) in [4.78, 5) is 0. The van der Waals surface area contributed by atoms with E-state index < -0.39 is 0 Å². The smallest absolute Gasteiger partial charge is 1.00 e. The Bertz CT molecular complexity index is 106. The SMILES string of the molecule is C=C1COCC([CH2-])C1.[Cl-].[Mg+2]. The Morgan fingerprint density at radius 1 is 1.60 bits per heavy atom. The Kier molecular flexibility index (Phi) is 8.63. The van der Waals surface area contributed by atoms with Crippen molar-refractivity contribution in [3.8, 4) is 0 Å². The van der Waals surface area contributed by atoms with Gasteiger partial charge in [0, 0.05) is 6.61 Å². The first-order valence-corrected chi connectivity index (χ1v) is 2.86. The molecule has 1 heterocycles. The zero-order valence-electron chi connectivity index (χ0n) is 6.11. The summed E-state index contributed by atoms with van der Waals surface area (Å²) in [7, 11) is 0. The van der Waals surface area contributed by atoms with E-state index >= 15 is 0 Å². The molecule has 0 bridgehead atoms. The van der Waals surface area contributed by atoms with Crippen LogP contribution in [0, 0.1) is 12.8 Å². The number of halogens is 1. The molecule has 1 aliphatic heterocycles. The largest absolute Gasteiger partial charge is 2.00 e. The van der Waals surface area contributed by atoms with Crippen molar-refractivity contribution in [3.05, 3.63) is 19.1 Å². The van der Waals surface area contributed by atoms with Crippen molar-refractivity contribution >= 4 is 23.1 Å². The molecule has 1 fully saturated rings. The van der Waals surface area contributed by atoms with E-state index in [1.807, 2.05) is 0 Å². The molecular weight excluding hydrogens is 160 g/mol. The van der Waals surface area contributed by atoms with Gasteiger partial charge in [0.05, 0.1) is 6.61 Å². The van der Waals surface area contributed by atoms with E-state index in [4.69, 9.17) is 4.74 Å². The molecule has 1 rings (SSSR count). The monoisotopic (exact) mass is 170 g/mol. The van der Waals surface area contributed by atoms with Crippen LogP contribution in [0.4, 0.5) is 0 Å². The fourth-order valence-corrected chi connectivity index (χ4v) is 0.896. The minimum atomic E-state index is 0. The van der Waals surface area contributed by atoms with Gasteiger partial charge in [-0.15, -0.1) is 5.92 Å². The predicted molar refractivity (Wildman–Crippen MR) is 39.2 cm³/mol. The molecule has 0 aliphatic carbocycles. The van der Waals surface area contributed by atoms with E-state index in [1.165, 1.54) is 5.57 Å². The summed E-state index contributed by atoms with van der Waals surface area (Å²) in [6, 6.07) is 0. The number of hydrogen-bond donors (Lipinski definition) is 0. The first kappa shape index (κ1) is 13.4. The quantitative estimate of drug-likeness (QED) is 0.233. The zero-order chi connectivity index (χ0) is 5.98. The second kappa shape index (κ2) is 6.47. The fraction of sp³-hybridized carbons (Fsp3) is 0.571. The van der Waals surface area contributed by atoms with Crippen molar-refractivity contribution in [2.45, 2.75) is 6.42 Å². The summed E-state index contributed by atoms with van der Waals surface area (Å²) < 4.78 is 5.13. The van der Waals surface area contributed by atoms with Crippen LogP contribution >= 0.6 is 0 Å².